The lowest BCUT2D eigenvalue weighted by molar-refractivity contribution is -0.138. The first-order valence-electron chi connectivity index (χ1n) is 11.5. The van der Waals surface area contributed by atoms with Gasteiger partial charge in [0.1, 0.15) is 0 Å². The SMILES string of the molecule is O=C1CC(C(=O)N2CCCN(C(=O)C3CCCCC3)CC2)CN1Cc1ccccc1. The van der Waals surface area contributed by atoms with Crippen molar-refractivity contribution in [1.29, 1.82) is 0 Å². The van der Waals surface area contributed by atoms with Gasteiger partial charge in [-0.25, -0.2) is 0 Å². The second-order valence-electron chi connectivity index (χ2n) is 9.00. The molecule has 3 amide bonds. The Bertz CT molecular complexity index is 760. The van der Waals surface area contributed by atoms with Crippen molar-refractivity contribution in [2.45, 2.75) is 51.5 Å². The van der Waals surface area contributed by atoms with Crippen LogP contribution in [-0.4, -0.2) is 65.1 Å². The van der Waals surface area contributed by atoms with Gasteiger partial charge in [0.15, 0.2) is 0 Å². The van der Waals surface area contributed by atoms with Gasteiger partial charge in [0.05, 0.1) is 5.92 Å². The van der Waals surface area contributed by atoms with E-state index in [-0.39, 0.29) is 29.6 Å². The quantitative estimate of drug-likeness (QED) is 0.765. The summed E-state index contributed by atoms with van der Waals surface area (Å²) in [6.45, 7) is 3.68. The Morgan fingerprint density at radius 3 is 2.10 bits per heavy atom. The van der Waals surface area contributed by atoms with Crippen molar-refractivity contribution in [3.05, 3.63) is 35.9 Å². The molecule has 6 heteroatoms. The monoisotopic (exact) mass is 411 g/mol. The first kappa shape index (κ1) is 20.9. The number of nitrogens with zero attached hydrogens (tertiary/aromatic N) is 3. The molecule has 1 aromatic carbocycles. The molecule has 3 fully saturated rings. The van der Waals surface area contributed by atoms with Gasteiger partial charge in [0, 0.05) is 51.6 Å². The number of carbonyl (C=O) groups excluding carboxylic acids is 3. The van der Waals surface area contributed by atoms with Gasteiger partial charge < -0.3 is 14.7 Å². The predicted molar refractivity (Wildman–Crippen MR) is 114 cm³/mol. The Kier molecular flexibility index (Phi) is 6.70. The van der Waals surface area contributed by atoms with E-state index in [2.05, 4.69) is 0 Å². The molecule has 2 aliphatic heterocycles. The van der Waals surface area contributed by atoms with Gasteiger partial charge in [0.25, 0.3) is 0 Å². The molecule has 30 heavy (non-hydrogen) atoms. The maximum Gasteiger partial charge on any atom is 0.228 e. The number of likely N-dealkylation sites (tertiary alicyclic amines) is 1. The second kappa shape index (κ2) is 9.63. The molecule has 0 radical (unpaired) electrons. The van der Waals surface area contributed by atoms with Gasteiger partial charge in [0.2, 0.25) is 17.7 Å². The standard InChI is InChI=1S/C24H33N3O3/c28-22-16-21(18-27(22)17-19-8-3-1-4-9-19)24(30)26-13-7-12-25(14-15-26)23(29)20-10-5-2-6-11-20/h1,3-4,8-9,20-21H,2,5-7,10-18H2. The molecule has 0 aromatic heterocycles. The normalized spacial score (nSPS) is 23.5. The highest BCUT2D eigenvalue weighted by Crippen LogP contribution is 2.26. The zero-order valence-corrected chi connectivity index (χ0v) is 17.8. The fraction of sp³-hybridized carbons (Fsp3) is 0.625. The topological polar surface area (TPSA) is 60.9 Å². The van der Waals surface area contributed by atoms with Crippen molar-refractivity contribution in [2.75, 3.05) is 32.7 Å². The maximum atomic E-state index is 13.1. The van der Waals surface area contributed by atoms with E-state index in [1.54, 1.807) is 4.90 Å². The van der Waals surface area contributed by atoms with Crippen molar-refractivity contribution in [2.24, 2.45) is 11.8 Å². The lowest BCUT2D eigenvalue weighted by Gasteiger charge is -2.28. The summed E-state index contributed by atoms with van der Waals surface area (Å²) >= 11 is 0. The molecule has 4 rings (SSSR count). The Labute approximate surface area is 179 Å². The van der Waals surface area contributed by atoms with E-state index >= 15 is 0 Å². The highest BCUT2D eigenvalue weighted by atomic mass is 16.2. The summed E-state index contributed by atoms with van der Waals surface area (Å²) in [6, 6.07) is 9.92. The van der Waals surface area contributed by atoms with Crippen LogP contribution in [-0.2, 0) is 20.9 Å². The van der Waals surface area contributed by atoms with Crippen LogP contribution in [0.25, 0.3) is 0 Å². The van der Waals surface area contributed by atoms with E-state index < -0.39 is 0 Å². The second-order valence-corrected chi connectivity index (χ2v) is 9.00. The van der Waals surface area contributed by atoms with E-state index in [9.17, 15) is 14.4 Å². The molecular weight excluding hydrogens is 378 g/mol. The number of hydrogen-bond donors (Lipinski definition) is 0. The Morgan fingerprint density at radius 2 is 1.43 bits per heavy atom. The highest BCUT2D eigenvalue weighted by molar-refractivity contribution is 5.89. The number of hydrogen-bond acceptors (Lipinski definition) is 3. The zero-order valence-electron chi connectivity index (χ0n) is 17.8. The molecular formula is C24H33N3O3. The molecule has 1 saturated carbocycles. The lowest BCUT2D eigenvalue weighted by atomic mass is 9.88. The molecule has 0 spiro atoms. The third kappa shape index (κ3) is 4.85. The van der Waals surface area contributed by atoms with Crippen molar-refractivity contribution < 1.29 is 14.4 Å². The number of rotatable bonds is 4. The summed E-state index contributed by atoms with van der Waals surface area (Å²) in [5.74, 6) is 0.336. The number of carbonyl (C=O) groups is 3. The molecule has 6 nitrogen and oxygen atoms in total. The van der Waals surface area contributed by atoms with Gasteiger partial charge in [-0.1, -0.05) is 49.6 Å². The Hall–Kier alpha value is -2.37. The van der Waals surface area contributed by atoms with Gasteiger partial charge in [-0.2, -0.15) is 0 Å². The lowest BCUT2D eigenvalue weighted by Crippen LogP contribution is -2.42. The van der Waals surface area contributed by atoms with E-state index in [1.807, 2.05) is 40.1 Å². The third-order valence-electron chi connectivity index (χ3n) is 6.85. The van der Waals surface area contributed by atoms with Crippen LogP contribution >= 0.6 is 0 Å². The molecule has 162 valence electrons. The first-order chi connectivity index (χ1) is 14.6. The fourth-order valence-corrected chi connectivity index (χ4v) is 5.12. The maximum absolute atomic E-state index is 13.1. The van der Waals surface area contributed by atoms with Crippen LogP contribution in [0.2, 0.25) is 0 Å². The molecule has 2 saturated heterocycles. The van der Waals surface area contributed by atoms with Crippen molar-refractivity contribution in [1.82, 2.24) is 14.7 Å². The Balaban J connectivity index is 1.30. The summed E-state index contributed by atoms with van der Waals surface area (Å²) in [7, 11) is 0. The third-order valence-corrected chi connectivity index (χ3v) is 6.85. The molecule has 1 unspecified atom stereocenters. The predicted octanol–water partition coefficient (Wildman–Crippen LogP) is 2.68. The highest BCUT2D eigenvalue weighted by Gasteiger charge is 2.37. The molecule has 2 heterocycles. The smallest absolute Gasteiger partial charge is 0.228 e. The summed E-state index contributed by atoms with van der Waals surface area (Å²) in [5.41, 5.74) is 1.09. The molecule has 1 atom stereocenters. The molecule has 1 aromatic rings. The average Bonchev–Trinajstić information content (AvgIpc) is 2.99. The minimum Gasteiger partial charge on any atom is -0.341 e. The van der Waals surface area contributed by atoms with Crippen LogP contribution in [0.15, 0.2) is 30.3 Å². The summed E-state index contributed by atoms with van der Waals surface area (Å²) in [5, 5.41) is 0. The van der Waals surface area contributed by atoms with Crippen LogP contribution in [0.5, 0.6) is 0 Å². The van der Waals surface area contributed by atoms with Crippen LogP contribution in [0.3, 0.4) is 0 Å². The minimum atomic E-state index is -0.262. The summed E-state index contributed by atoms with van der Waals surface area (Å²) in [6.07, 6.45) is 6.70. The van der Waals surface area contributed by atoms with E-state index in [1.165, 1.54) is 6.42 Å². The Morgan fingerprint density at radius 1 is 0.800 bits per heavy atom. The van der Waals surface area contributed by atoms with Gasteiger partial charge >= 0.3 is 0 Å². The van der Waals surface area contributed by atoms with Crippen molar-refractivity contribution in [3.63, 3.8) is 0 Å². The minimum absolute atomic E-state index is 0.0566. The molecule has 0 N–H and O–H groups in total. The number of benzene rings is 1. The van der Waals surface area contributed by atoms with E-state index in [0.29, 0.717) is 39.1 Å². The molecule has 0 bridgehead atoms. The first-order valence-corrected chi connectivity index (χ1v) is 11.5. The van der Waals surface area contributed by atoms with E-state index in [0.717, 1.165) is 44.2 Å². The fourth-order valence-electron chi connectivity index (χ4n) is 5.12. The van der Waals surface area contributed by atoms with Crippen LogP contribution in [0.4, 0.5) is 0 Å². The van der Waals surface area contributed by atoms with Gasteiger partial charge in [-0.05, 0) is 24.8 Å². The van der Waals surface area contributed by atoms with Crippen molar-refractivity contribution >= 4 is 17.7 Å². The van der Waals surface area contributed by atoms with Gasteiger partial charge in [-0.15, -0.1) is 0 Å². The summed E-state index contributed by atoms with van der Waals surface area (Å²) < 4.78 is 0. The molecule has 1 aliphatic carbocycles. The van der Waals surface area contributed by atoms with E-state index in [4.69, 9.17) is 0 Å². The largest absolute Gasteiger partial charge is 0.341 e. The van der Waals surface area contributed by atoms with Crippen molar-refractivity contribution in [3.8, 4) is 0 Å². The average molecular weight is 412 g/mol. The van der Waals surface area contributed by atoms with Crippen LogP contribution in [0.1, 0.15) is 50.5 Å². The van der Waals surface area contributed by atoms with Crippen LogP contribution in [0, 0.1) is 11.8 Å². The summed E-state index contributed by atoms with van der Waals surface area (Å²) in [4.78, 5) is 44.1. The molecule has 3 aliphatic rings. The van der Waals surface area contributed by atoms with Gasteiger partial charge in [-0.3, -0.25) is 14.4 Å². The van der Waals surface area contributed by atoms with Crippen LogP contribution < -0.4 is 0 Å². The number of amides is 3. The zero-order chi connectivity index (χ0) is 20.9.